The van der Waals surface area contributed by atoms with Crippen molar-refractivity contribution in [2.45, 2.75) is 52.1 Å². The molecule has 1 aliphatic rings. The highest BCUT2D eigenvalue weighted by atomic mass is 32.2. The van der Waals surface area contributed by atoms with Crippen molar-refractivity contribution < 1.29 is 31.9 Å². The number of rotatable bonds is 13. The van der Waals surface area contributed by atoms with Gasteiger partial charge in [0.1, 0.15) is 25.1 Å². The third kappa shape index (κ3) is 7.83. The minimum atomic E-state index is -3.65. The zero-order chi connectivity index (χ0) is 27.7. The number of nitrogens with one attached hydrogen (secondary N) is 1. The molecule has 1 heterocycles. The second-order valence-corrected chi connectivity index (χ2v) is 11.0. The summed E-state index contributed by atoms with van der Waals surface area (Å²) >= 11 is 0. The first-order valence-electron chi connectivity index (χ1n) is 12.8. The normalized spacial score (nSPS) is 13.5. The first kappa shape index (κ1) is 29.2. The molecule has 0 saturated heterocycles. The number of ether oxygens (including phenoxy) is 2. The number of hydrogen-bond donors (Lipinski definition) is 1. The summed E-state index contributed by atoms with van der Waals surface area (Å²) < 4.78 is 51.0. The van der Waals surface area contributed by atoms with Gasteiger partial charge in [-0.1, -0.05) is 26.0 Å². The zero-order valence-corrected chi connectivity index (χ0v) is 22.9. The minimum absolute atomic E-state index is 0.0231. The van der Waals surface area contributed by atoms with Gasteiger partial charge in [0.05, 0.1) is 11.9 Å². The third-order valence-corrected chi connectivity index (χ3v) is 7.36. The predicted octanol–water partition coefficient (Wildman–Crippen LogP) is 3.48. The Kier molecular flexibility index (Phi) is 10.3. The molecule has 1 atom stereocenters. The van der Waals surface area contributed by atoms with Crippen LogP contribution in [0.1, 0.15) is 45.1 Å². The minimum Gasteiger partial charge on any atom is -0.486 e. The van der Waals surface area contributed by atoms with Gasteiger partial charge in [-0.15, -0.1) is 0 Å². The molecule has 0 aromatic heterocycles. The standard InChI is InChI=1S/C27H36FN3O6S/c1-4-14-29-27(33)23(5-2)30(19-20-8-10-21(28)11-9-20)26(32)7-6-15-31(38(3,34)35)22-12-13-24-25(18-22)37-17-16-36-24/h8-13,18,23H,4-7,14-17,19H2,1-3H3,(H,29,33)/t23-/m1/s1. The van der Waals surface area contributed by atoms with Gasteiger partial charge in [-0.05, 0) is 49.1 Å². The van der Waals surface area contributed by atoms with Crippen molar-refractivity contribution >= 4 is 27.5 Å². The van der Waals surface area contributed by atoms with Crippen LogP contribution in [0.3, 0.4) is 0 Å². The maximum atomic E-state index is 13.4. The van der Waals surface area contributed by atoms with Crippen molar-refractivity contribution in [2.75, 3.05) is 36.9 Å². The third-order valence-electron chi connectivity index (χ3n) is 6.17. The van der Waals surface area contributed by atoms with Gasteiger partial charge in [-0.3, -0.25) is 13.9 Å². The van der Waals surface area contributed by atoms with Crippen molar-refractivity contribution in [3.63, 3.8) is 0 Å². The average Bonchev–Trinajstić information content (AvgIpc) is 2.89. The molecule has 3 rings (SSSR count). The Bertz CT molecular complexity index is 1210. The van der Waals surface area contributed by atoms with Crippen molar-refractivity contribution in [3.05, 3.63) is 53.8 Å². The van der Waals surface area contributed by atoms with E-state index in [1.54, 1.807) is 30.3 Å². The lowest BCUT2D eigenvalue weighted by molar-refractivity contribution is -0.141. The monoisotopic (exact) mass is 549 g/mol. The van der Waals surface area contributed by atoms with Crippen LogP contribution in [-0.4, -0.2) is 63.7 Å². The van der Waals surface area contributed by atoms with Crippen LogP contribution >= 0.6 is 0 Å². The Balaban J connectivity index is 1.75. The Labute approximate surface area is 224 Å². The molecular weight excluding hydrogens is 513 g/mol. The number of benzene rings is 2. The Morgan fingerprint density at radius 2 is 1.74 bits per heavy atom. The summed E-state index contributed by atoms with van der Waals surface area (Å²) in [6, 6.07) is 10.0. The summed E-state index contributed by atoms with van der Waals surface area (Å²) in [5.41, 5.74) is 1.10. The predicted molar refractivity (Wildman–Crippen MR) is 143 cm³/mol. The van der Waals surface area contributed by atoms with Crippen molar-refractivity contribution in [1.29, 1.82) is 0 Å². The van der Waals surface area contributed by atoms with Gasteiger partial charge in [0.15, 0.2) is 11.5 Å². The molecule has 11 heteroatoms. The number of fused-ring (bicyclic) bond motifs is 1. The van der Waals surface area contributed by atoms with E-state index in [1.165, 1.54) is 21.3 Å². The lowest BCUT2D eigenvalue weighted by atomic mass is 10.1. The number of carbonyl (C=O) groups is 2. The van der Waals surface area contributed by atoms with E-state index in [-0.39, 0.29) is 43.6 Å². The molecule has 0 unspecified atom stereocenters. The molecular formula is C27H36FN3O6S. The molecule has 1 N–H and O–H groups in total. The molecule has 38 heavy (non-hydrogen) atoms. The van der Waals surface area contributed by atoms with E-state index in [2.05, 4.69) is 5.32 Å². The van der Waals surface area contributed by atoms with Crippen LogP contribution in [0, 0.1) is 5.82 Å². The van der Waals surface area contributed by atoms with Gasteiger partial charge in [-0.2, -0.15) is 0 Å². The van der Waals surface area contributed by atoms with Crippen molar-refractivity contribution in [1.82, 2.24) is 10.2 Å². The molecule has 0 bridgehead atoms. The molecule has 0 saturated carbocycles. The second-order valence-electron chi connectivity index (χ2n) is 9.13. The Hall–Kier alpha value is -3.34. The molecule has 0 radical (unpaired) electrons. The number of halogens is 1. The second kappa shape index (κ2) is 13.5. The Morgan fingerprint density at radius 1 is 1.05 bits per heavy atom. The number of anilines is 1. The van der Waals surface area contributed by atoms with E-state index < -0.39 is 16.1 Å². The quantitative estimate of drug-likeness (QED) is 0.410. The number of carbonyl (C=O) groups excluding carboxylic acids is 2. The van der Waals surface area contributed by atoms with Crippen LogP contribution in [0.4, 0.5) is 10.1 Å². The molecule has 9 nitrogen and oxygen atoms in total. The van der Waals surface area contributed by atoms with E-state index in [0.717, 1.165) is 12.7 Å². The fourth-order valence-corrected chi connectivity index (χ4v) is 5.22. The van der Waals surface area contributed by atoms with Crippen LogP contribution < -0.4 is 19.1 Å². The highest BCUT2D eigenvalue weighted by Crippen LogP contribution is 2.34. The zero-order valence-electron chi connectivity index (χ0n) is 22.1. The first-order valence-corrected chi connectivity index (χ1v) is 14.7. The first-order chi connectivity index (χ1) is 18.1. The van der Waals surface area contributed by atoms with Gasteiger partial charge in [0, 0.05) is 32.1 Å². The summed E-state index contributed by atoms with van der Waals surface area (Å²) in [6.07, 6.45) is 2.52. The Morgan fingerprint density at radius 3 is 2.37 bits per heavy atom. The summed E-state index contributed by atoms with van der Waals surface area (Å²) in [4.78, 5) is 27.8. The molecule has 2 aromatic rings. The van der Waals surface area contributed by atoms with E-state index in [9.17, 15) is 22.4 Å². The van der Waals surface area contributed by atoms with E-state index >= 15 is 0 Å². The highest BCUT2D eigenvalue weighted by molar-refractivity contribution is 7.92. The number of sulfonamides is 1. The fraction of sp³-hybridized carbons (Fsp3) is 0.481. The van der Waals surface area contributed by atoms with Gasteiger partial charge in [-0.25, -0.2) is 12.8 Å². The lowest BCUT2D eigenvalue weighted by Gasteiger charge is -2.31. The number of amides is 2. The fourth-order valence-electron chi connectivity index (χ4n) is 4.26. The number of hydrogen-bond acceptors (Lipinski definition) is 6. The molecule has 2 aromatic carbocycles. The summed E-state index contributed by atoms with van der Waals surface area (Å²) in [6.45, 7) is 5.26. The largest absolute Gasteiger partial charge is 0.486 e. The summed E-state index contributed by atoms with van der Waals surface area (Å²) in [5.74, 6) is 0.0847. The van der Waals surface area contributed by atoms with Crippen LogP contribution in [-0.2, 0) is 26.2 Å². The van der Waals surface area contributed by atoms with Crippen molar-refractivity contribution in [2.24, 2.45) is 0 Å². The van der Waals surface area contributed by atoms with Gasteiger partial charge in [0.2, 0.25) is 21.8 Å². The van der Waals surface area contributed by atoms with E-state index in [4.69, 9.17) is 9.47 Å². The highest BCUT2D eigenvalue weighted by Gasteiger charge is 2.29. The van der Waals surface area contributed by atoms with Gasteiger partial charge >= 0.3 is 0 Å². The topological polar surface area (TPSA) is 105 Å². The molecule has 0 fully saturated rings. The smallest absolute Gasteiger partial charge is 0.242 e. The summed E-state index contributed by atoms with van der Waals surface area (Å²) in [5, 5.41) is 2.85. The van der Waals surface area contributed by atoms with Crippen LogP contribution in [0.2, 0.25) is 0 Å². The van der Waals surface area contributed by atoms with Gasteiger partial charge < -0.3 is 19.7 Å². The average molecular weight is 550 g/mol. The van der Waals surface area contributed by atoms with E-state index in [0.29, 0.717) is 48.9 Å². The molecule has 2 amide bonds. The SMILES string of the molecule is CCCNC(=O)[C@@H](CC)N(Cc1ccc(F)cc1)C(=O)CCCN(c1ccc2c(c1)OCCO2)S(C)(=O)=O. The molecule has 0 spiro atoms. The maximum absolute atomic E-state index is 13.4. The number of nitrogens with zero attached hydrogens (tertiary/aromatic N) is 2. The molecule has 208 valence electrons. The van der Waals surface area contributed by atoms with Crippen LogP contribution in [0.25, 0.3) is 0 Å². The van der Waals surface area contributed by atoms with Gasteiger partial charge in [0.25, 0.3) is 0 Å². The maximum Gasteiger partial charge on any atom is 0.242 e. The van der Waals surface area contributed by atoms with Crippen molar-refractivity contribution in [3.8, 4) is 11.5 Å². The molecule has 0 aliphatic carbocycles. The molecule has 1 aliphatic heterocycles. The summed E-state index contributed by atoms with van der Waals surface area (Å²) in [7, 11) is -3.65. The van der Waals surface area contributed by atoms with Crippen LogP contribution in [0.15, 0.2) is 42.5 Å². The lowest BCUT2D eigenvalue weighted by Crippen LogP contribution is -2.49. The van der Waals surface area contributed by atoms with E-state index in [1.807, 2.05) is 13.8 Å². The van der Waals surface area contributed by atoms with Crippen LogP contribution in [0.5, 0.6) is 11.5 Å².